The van der Waals surface area contributed by atoms with Gasteiger partial charge in [0.2, 0.25) is 0 Å². The number of aliphatic carboxylic acids is 1. The van der Waals surface area contributed by atoms with Crippen molar-refractivity contribution >= 4 is 29.4 Å². The van der Waals surface area contributed by atoms with Crippen molar-refractivity contribution in [1.29, 1.82) is 0 Å². The first-order valence-electron chi connectivity index (χ1n) is 10.9. The van der Waals surface area contributed by atoms with Crippen LogP contribution in [0.15, 0.2) is 36.4 Å². The molecule has 0 spiro atoms. The zero-order valence-corrected chi connectivity index (χ0v) is 18.2. The van der Waals surface area contributed by atoms with E-state index in [4.69, 9.17) is 0 Å². The molecule has 1 heterocycles. The van der Waals surface area contributed by atoms with Crippen LogP contribution in [0.25, 0.3) is 0 Å². The SMILES string of the molecule is Cc1cccc(N2C(=O)c3ccc(C(=O)NC[C@@H]4CCCC[C@@H]4C(=O)O)cc3C2=O)c1C. The standard InChI is InChI=1S/C25H26N2O5/c1-14-6-5-9-21(15(14)2)27-23(29)19-11-10-16(12-20(19)24(27)30)22(28)26-13-17-7-3-4-8-18(17)25(31)32/h5-6,9-12,17-18H,3-4,7-8,13H2,1-2H3,(H,26,28)(H,31,32)/t17-,18-/m0/s1. The number of hydrogen-bond acceptors (Lipinski definition) is 4. The van der Waals surface area contributed by atoms with E-state index < -0.39 is 23.7 Å². The van der Waals surface area contributed by atoms with Crippen molar-refractivity contribution in [2.24, 2.45) is 11.8 Å². The number of amides is 3. The second kappa shape index (κ2) is 8.57. The maximum absolute atomic E-state index is 13.1. The molecule has 3 amide bonds. The fourth-order valence-electron chi connectivity index (χ4n) is 4.68. The molecular formula is C25H26N2O5. The summed E-state index contributed by atoms with van der Waals surface area (Å²) in [4.78, 5) is 51.4. The molecule has 2 N–H and O–H groups in total. The van der Waals surface area contributed by atoms with Gasteiger partial charge in [-0.3, -0.25) is 19.2 Å². The monoisotopic (exact) mass is 434 g/mol. The Balaban J connectivity index is 1.53. The van der Waals surface area contributed by atoms with Crippen LogP contribution in [0, 0.1) is 25.7 Å². The molecule has 32 heavy (non-hydrogen) atoms. The van der Waals surface area contributed by atoms with E-state index in [9.17, 15) is 24.3 Å². The highest BCUT2D eigenvalue weighted by Gasteiger charge is 2.38. The number of imide groups is 1. The zero-order chi connectivity index (χ0) is 23.0. The van der Waals surface area contributed by atoms with Crippen molar-refractivity contribution in [2.75, 3.05) is 11.4 Å². The maximum Gasteiger partial charge on any atom is 0.306 e. The number of carboxylic acids is 1. The molecule has 7 heteroatoms. The van der Waals surface area contributed by atoms with Crippen molar-refractivity contribution < 1.29 is 24.3 Å². The minimum Gasteiger partial charge on any atom is -0.481 e. The van der Waals surface area contributed by atoms with E-state index in [0.29, 0.717) is 12.1 Å². The molecule has 1 aliphatic heterocycles. The van der Waals surface area contributed by atoms with Crippen LogP contribution in [-0.2, 0) is 4.79 Å². The Labute approximate surface area is 186 Å². The number of anilines is 1. The Kier molecular flexibility index (Phi) is 5.82. The highest BCUT2D eigenvalue weighted by atomic mass is 16.4. The first-order valence-corrected chi connectivity index (χ1v) is 10.9. The fraction of sp³-hybridized carbons (Fsp3) is 0.360. The topological polar surface area (TPSA) is 104 Å². The van der Waals surface area contributed by atoms with Crippen LogP contribution in [0.5, 0.6) is 0 Å². The lowest BCUT2D eigenvalue weighted by molar-refractivity contribution is -0.144. The number of nitrogens with one attached hydrogen (secondary N) is 1. The first-order chi connectivity index (χ1) is 15.3. The zero-order valence-electron chi connectivity index (χ0n) is 18.2. The Morgan fingerprint density at radius 2 is 1.75 bits per heavy atom. The van der Waals surface area contributed by atoms with E-state index in [1.54, 1.807) is 12.1 Å². The molecule has 0 radical (unpaired) electrons. The fourth-order valence-corrected chi connectivity index (χ4v) is 4.68. The molecule has 2 aliphatic rings. The molecule has 0 aromatic heterocycles. The Bertz CT molecular complexity index is 1120. The number of carbonyl (C=O) groups is 4. The Morgan fingerprint density at radius 1 is 1.03 bits per heavy atom. The van der Waals surface area contributed by atoms with Gasteiger partial charge in [-0.1, -0.05) is 25.0 Å². The first kappa shape index (κ1) is 21.7. The highest BCUT2D eigenvalue weighted by molar-refractivity contribution is 6.35. The number of carbonyl (C=O) groups excluding carboxylic acids is 3. The largest absolute Gasteiger partial charge is 0.481 e. The van der Waals surface area contributed by atoms with Crippen molar-refractivity contribution in [1.82, 2.24) is 5.32 Å². The predicted octanol–water partition coefficient (Wildman–Crippen LogP) is 3.72. The van der Waals surface area contributed by atoms with Crippen LogP contribution >= 0.6 is 0 Å². The molecule has 2 aromatic rings. The average Bonchev–Trinajstić information content (AvgIpc) is 3.03. The summed E-state index contributed by atoms with van der Waals surface area (Å²) in [7, 11) is 0. The van der Waals surface area contributed by atoms with Gasteiger partial charge in [0.15, 0.2) is 0 Å². The van der Waals surface area contributed by atoms with Gasteiger partial charge in [-0.05, 0) is 68.0 Å². The number of benzene rings is 2. The molecule has 7 nitrogen and oxygen atoms in total. The molecule has 2 aromatic carbocycles. The van der Waals surface area contributed by atoms with Gasteiger partial charge in [-0.25, -0.2) is 4.90 Å². The Hall–Kier alpha value is -3.48. The highest BCUT2D eigenvalue weighted by Crippen LogP contribution is 2.33. The van der Waals surface area contributed by atoms with E-state index in [1.165, 1.54) is 18.2 Å². The number of nitrogens with zero attached hydrogens (tertiary/aromatic N) is 1. The van der Waals surface area contributed by atoms with Gasteiger partial charge in [0.25, 0.3) is 17.7 Å². The lowest BCUT2D eigenvalue weighted by Crippen LogP contribution is -2.37. The summed E-state index contributed by atoms with van der Waals surface area (Å²) in [6.07, 6.45) is 3.23. The van der Waals surface area contributed by atoms with Crippen molar-refractivity contribution in [3.05, 3.63) is 64.2 Å². The van der Waals surface area contributed by atoms with Crippen molar-refractivity contribution in [2.45, 2.75) is 39.5 Å². The van der Waals surface area contributed by atoms with E-state index >= 15 is 0 Å². The van der Waals surface area contributed by atoms with Gasteiger partial charge < -0.3 is 10.4 Å². The van der Waals surface area contributed by atoms with Gasteiger partial charge in [-0.2, -0.15) is 0 Å². The molecule has 2 atom stereocenters. The van der Waals surface area contributed by atoms with Crippen LogP contribution in [0.2, 0.25) is 0 Å². The van der Waals surface area contributed by atoms with Gasteiger partial charge >= 0.3 is 5.97 Å². The van der Waals surface area contributed by atoms with E-state index in [0.717, 1.165) is 35.3 Å². The third-order valence-corrected chi connectivity index (χ3v) is 6.72. The van der Waals surface area contributed by atoms with Gasteiger partial charge in [-0.15, -0.1) is 0 Å². The quantitative estimate of drug-likeness (QED) is 0.698. The molecule has 166 valence electrons. The second-order valence-corrected chi connectivity index (χ2v) is 8.62. The smallest absolute Gasteiger partial charge is 0.306 e. The van der Waals surface area contributed by atoms with Crippen LogP contribution in [-0.4, -0.2) is 35.3 Å². The molecular weight excluding hydrogens is 408 g/mol. The van der Waals surface area contributed by atoms with Gasteiger partial charge in [0, 0.05) is 12.1 Å². The van der Waals surface area contributed by atoms with Crippen LogP contribution in [0.3, 0.4) is 0 Å². The summed E-state index contributed by atoms with van der Waals surface area (Å²) >= 11 is 0. The number of aryl methyl sites for hydroxylation is 1. The summed E-state index contributed by atoms with van der Waals surface area (Å²) in [5.41, 5.74) is 3.10. The molecule has 0 unspecified atom stereocenters. The number of hydrogen-bond donors (Lipinski definition) is 2. The van der Waals surface area contributed by atoms with Crippen molar-refractivity contribution in [3.63, 3.8) is 0 Å². The molecule has 0 saturated heterocycles. The third-order valence-electron chi connectivity index (χ3n) is 6.72. The minimum absolute atomic E-state index is 0.109. The molecule has 1 saturated carbocycles. The normalized spacial score (nSPS) is 20.2. The number of rotatable bonds is 5. The second-order valence-electron chi connectivity index (χ2n) is 8.62. The van der Waals surface area contributed by atoms with E-state index in [2.05, 4.69) is 5.32 Å². The molecule has 0 bridgehead atoms. The minimum atomic E-state index is -0.822. The predicted molar refractivity (Wildman–Crippen MR) is 119 cm³/mol. The molecule has 1 aliphatic carbocycles. The average molecular weight is 434 g/mol. The van der Waals surface area contributed by atoms with Crippen LogP contribution in [0.1, 0.15) is 67.9 Å². The van der Waals surface area contributed by atoms with Gasteiger partial charge in [0.1, 0.15) is 0 Å². The third kappa shape index (κ3) is 3.79. The van der Waals surface area contributed by atoms with Gasteiger partial charge in [0.05, 0.1) is 22.7 Å². The van der Waals surface area contributed by atoms with Crippen LogP contribution in [0.4, 0.5) is 5.69 Å². The Morgan fingerprint density at radius 3 is 2.50 bits per heavy atom. The lowest BCUT2D eigenvalue weighted by atomic mass is 9.79. The maximum atomic E-state index is 13.1. The molecule has 4 rings (SSSR count). The lowest BCUT2D eigenvalue weighted by Gasteiger charge is -2.28. The summed E-state index contributed by atoms with van der Waals surface area (Å²) in [5.74, 6) is -2.62. The number of fused-ring (bicyclic) bond motifs is 1. The number of carboxylic acid groups (broad SMARTS) is 1. The summed E-state index contributed by atoms with van der Waals surface area (Å²) in [6.45, 7) is 4.05. The summed E-state index contributed by atoms with van der Waals surface area (Å²) in [5, 5.41) is 12.2. The van der Waals surface area contributed by atoms with Crippen molar-refractivity contribution in [3.8, 4) is 0 Å². The van der Waals surface area contributed by atoms with Crippen LogP contribution < -0.4 is 10.2 Å². The van der Waals surface area contributed by atoms with E-state index in [-0.39, 0.29) is 35.1 Å². The van der Waals surface area contributed by atoms with E-state index in [1.807, 2.05) is 19.9 Å². The summed E-state index contributed by atoms with van der Waals surface area (Å²) in [6, 6.07) is 9.94. The summed E-state index contributed by atoms with van der Waals surface area (Å²) < 4.78 is 0. The molecule has 1 fully saturated rings.